The maximum atomic E-state index is 12.5. The standard InChI is InChI=1S/C23H28N2O5/c1-14(21(27)24-17-10-9-15-5-4-6-16(15)13-17)30-20(26)11-12-25-22(28)18-7-2-3-8-19(18)23(25)29/h9-10,13-14,18-19H,2-8,11-12H2,1H3,(H,24,27)/t14-,18-,19+/m0/s1. The first-order valence-corrected chi connectivity index (χ1v) is 10.9. The van der Waals surface area contributed by atoms with Crippen LogP contribution in [0.5, 0.6) is 0 Å². The van der Waals surface area contributed by atoms with E-state index in [0.717, 1.165) is 44.9 Å². The third-order valence-corrected chi connectivity index (χ3v) is 6.52. The van der Waals surface area contributed by atoms with Gasteiger partial charge >= 0.3 is 5.97 Å². The highest BCUT2D eigenvalue weighted by molar-refractivity contribution is 6.05. The van der Waals surface area contributed by atoms with Crippen molar-refractivity contribution in [3.63, 3.8) is 0 Å². The lowest BCUT2D eigenvalue weighted by molar-refractivity contribution is -0.154. The molecule has 7 nitrogen and oxygen atoms in total. The van der Waals surface area contributed by atoms with Crippen LogP contribution < -0.4 is 5.32 Å². The third-order valence-electron chi connectivity index (χ3n) is 6.52. The van der Waals surface area contributed by atoms with E-state index in [1.54, 1.807) is 0 Å². The minimum absolute atomic E-state index is 0.0165. The Hall–Kier alpha value is -2.70. The molecule has 1 saturated heterocycles. The first-order chi connectivity index (χ1) is 14.4. The summed E-state index contributed by atoms with van der Waals surface area (Å²) < 4.78 is 5.23. The molecule has 2 fully saturated rings. The predicted molar refractivity (Wildman–Crippen MR) is 109 cm³/mol. The number of benzene rings is 1. The number of fused-ring (bicyclic) bond motifs is 2. The number of amides is 3. The average molecular weight is 412 g/mol. The lowest BCUT2D eigenvalue weighted by Crippen LogP contribution is -2.35. The highest BCUT2D eigenvalue weighted by Gasteiger charge is 2.47. The molecular formula is C23H28N2O5. The summed E-state index contributed by atoms with van der Waals surface area (Å²) in [4.78, 5) is 50.7. The zero-order valence-corrected chi connectivity index (χ0v) is 17.3. The molecule has 1 saturated carbocycles. The van der Waals surface area contributed by atoms with Crippen molar-refractivity contribution in [2.75, 3.05) is 11.9 Å². The van der Waals surface area contributed by atoms with Crippen molar-refractivity contribution in [2.24, 2.45) is 11.8 Å². The molecule has 3 aliphatic rings. The fraction of sp³-hybridized carbons (Fsp3) is 0.565. The number of hydrogen-bond donors (Lipinski definition) is 1. The van der Waals surface area contributed by atoms with Gasteiger partial charge in [0.25, 0.3) is 5.91 Å². The first kappa shape index (κ1) is 20.6. The van der Waals surface area contributed by atoms with Gasteiger partial charge in [-0.05, 0) is 62.3 Å². The van der Waals surface area contributed by atoms with Crippen molar-refractivity contribution >= 4 is 29.4 Å². The van der Waals surface area contributed by atoms with Crippen molar-refractivity contribution in [1.29, 1.82) is 0 Å². The number of ether oxygens (including phenoxy) is 1. The van der Waals surface area contributed by atoms with Crippen molar-refractivity contribution in [3.8, 4) is 0 Å². The summed E-state index contributed by atoms with van der Waals surface area (Å²) >= 11 is 0. The number of hydrogen-bond acceptors (Lipinski definition) is 5. The molecule has 1 aromatic rings. The van der Waals surface area contributed by atoms with Crippen LogP contribution in [0, 0.1) is 11.8 Å². The second-order valence-corrected chi connectivity index (χ2v) is 8.53. The smallest absolute Gasteiger partial charge is 0.308 e. The molecule has 3 amide bonds. The van der Waals surface area contributed by atoms with Gasteiger partial charge in [0.1, 0.15) is 0 Å². The Bertz CT molecular complexity index is 856. The molecule has 7 heteroatoms. The quantitative estimate of drug-likeness (QED) is 0.573. The van der Waals surface area contributed by atoms with Gasteiger partial charge in [0, 0.05) is 12.2 Å². The molecule has 0 bridgehead atoms. The topological polar surface area (TPSA) is 92.8 Å². The second-order valence-electron chi connectivity index (χ2n) is 8.53. The van der Waals surface area contributed by atoms with Crippen LogP contribution in [0.1, 0.15) is 56.6 Å². The molecule has 1 aromatic carbocycles. The van der Waals surface area contributed by atoms with Gasteiger partial charge in [-0.25, -0.2) is 0 Å². The predicted octanol–water partition coefficient (Wildman–Crippen LogP) is 2.61. The average Bonchev–Trinajstić information content (AvgIpc) is 3.29. The van der Waals surface area contributed by atoms with Crippen LogP contribution in [0.2, 0.25) is 0 Å². The van der Waals surface area contributed by atoms with E-state index in [1.807, 2.05) is 18.2 Å². The van der Waals surface area contributed by atoms with E-state index in [4.69, 9.17) is 4.74 Å². The van der Waals surface area contributed by atoms with Gasteiger partial charge in [0.05, 0.1) is 18.3 Å². The Balaban J connectivity index is 1.26. The van der Waals surface area contributed by atoms with E-state index < -0.39 is 18.0 Å². The number of anilines is 1. The van der Waals surface area contributed by atoms with Crippen molar-refractivity contribution < 1.29 is 23.9 Å². The number of carbonyl (C=O) groups is 4. The van der Waals surface area contributed by atoms with Gasteiger partial charge in [0.2, 0.25) is 11.8 Å². The van der Waals surface area contributed by atoms with Gasteiger partial charge in [0.15, 0.2) is 6.10 Å². The number of carbonyl (C=O) groups excluding carboxylic acids is 4. The molecule has 0 radical (unpaired) electrons. The van der Waals surface area contributed by atoms with Crippen LogP contribution in [0.3, 0.4) is 0 Å². The summed E-state index contributed by atoms with van der Waals surface area (Å²) in [5, 5.41) is 2.79. The number of aryl methyl sites for hydroxylation is 2. The van der Waals surface area contributed by atoms with Crippen LogP contribution in [0.15, 0.2) is 18.2 Å². The zero-order chi connectivity index (χ0) is 21.3. The minimum atomic E-state index is -0.960. The number of esters is 1. The van der Waals surface area contributed by atoms with E-state index in [1.165, 1.54) is 23.0 Å². The summed E-state index contributed by atoms with van der Waals surface area (Å²) in [6.07, 6.45) is 5.57. The van der Waals surface area contributed by atoms with Crippen LogP contribution in [-0.2, 0) is 36.8 Å². The highest BCUT2D eigenvalue weighted by atomic mass is 16.5. The zero-order valence-electron chi connectivity index (χ0n) is 17.3. The lowest BCUT2D eigenvalue weighted by atomic mass is 9.81. The van der Waals surface area contributed by atoms with Gasteiger partial charge < -0.3 is 10.1 Å². The number of likely N-dealkylation sites (tertiary alicyclic amines) is 1. The Morgan fingerprint density at radius 2 is 1.73 bits per heavy atom. The normalized spacial score (nSPS) is 23.7. The summed E-state index contributed by atoms with van der Waals surface area (Å²) in [6, 6.07) is 5.86. The maximum Gasteiger partial charge on any atom is 0.308 e. The fourth-order valence-electron chi connectivity index (χ4n) is 4.86. The molecule has 4 rings (SSSR count). The van der Waals surface area contributed by atoms with Gasteiger partial charge in [-0.2, -0.15) is 0 Å². The van der Waals surface area contributed by atoms with Gasteiger partial charge in [-0.3, -0.25) is 24.1 Å². The first-order valence-electron chi connectivity index (χ1n) is 10.9. The summed E-state index contributed by atoms with van der Waals surface area (Å²) in [7, 11) is 0. The van der Waals surface area contributed by atoms with Gasteiger partial charge in [-0.15, -0.1) is 0 Å². The van der Waals surface area contributed by atoms with E-state index in [2.05, 4.69) is 5.32 Å². The third kappa shape index (κ3) is 4.11. The second kappa shape index (κ2) is 8.58. The Morgan fingerprint density at radius 3 is 2.43 bits per heavy atom. The number of nitrogens with zero attached hydrogens (tertiary/aromatic N) is 1. The highest BCUT2D eigenvalue weighted by Crippen LogP contribution is 2.38. The van der Waals surface area contributed by atoms with Crippen molar-refractivity contribution in [2.45, 2.75) is 64.4 Å². The molecule has 1 heterocycles. The Morgan fingerprint density at radius 1 is 1.07 bits per heavy atom. The lowest BCUT2D eigenvalue weighted by Gasteiger charge is -2.19. The SMILES string of the molecule is C[C@H](OC(=O)CCN1C(=O)[C@H]2CCCC[C@H]2C1=O)C(=O)Nc1ccc2c(c1)CCC2. The van der Waals surface area contributed by atoms with E-state index in [9.17, 15) is 19.2 Å². The molecule has 0 spiro atoms. The van der Waals surface area contributed by atoms with Crippen molar-refractivity contribution in [3.05, 3.63) is 29.3 Å². The molecule has 0 aromatic heterocycles. The molecule has 0 unspecified atom stereocenters. The van der Waals surface area contributed by atoms with E-state index >= 15 is 0 Å². The van der Waals surface area contributed by atoms with Gasteiger partial charge in [-0.1, -0.05) is 18.9 Å². The summed E-state index contributed by atoms with van der Waals surface area (Å²) in [5.74, 6) is -1.78. The molecule has 160 valence electrons. The monoisotopic (exact) mass is 412 g/mol. The summed E-state index contributed by atoms with van der Waals surface area (Å²) in [6.45, 7) is 1.53. The molecule has 1 aliphatic heterocycles. The molecule has 2 aliphatic carbocycles. The van der Waals surface area contributed by atoms with Crippen molar-refractivity contribution in [1.82, 2.24) is 4.90 Å². The molecule has 30 heavy (non-hydrogen) atoms. The Labute approximate surface area is 176 Å². The molecule has 3 atom stereocenters. The number of nitrogens with one attached hydrogen (secondary N) is 1. The molecular weight excluding hydrogens is 384 g/mol. The van der Waals surface area contributed by atoms with Crippen LogP contribution in [0.25, 0.3) is 0 Å². The number of imide groups is 1. The summed E-state index contributed by atoms with van der Waals surface area (Å²) in [5.41, 5.74) is 3.26. The Kier molecular flexibility index (Phi) is 5.88. The minimum Gasteiger partial charge on any atom is -0.452 e. The van der Waals surface area contributed by atoms with Crippen LogP contribution >= 0.6 is 0 Å². The number of rotatable bonds is 6. The fourth-order valence-corrected chi connectivity index (χ4v) is 4.86. The molecule has 1 N–H and O–H groups in total. The van der Waals surface area contributed by atoms with E-state index in [-0.39, 0.29) is 36.6 Å². The maximum absolute atomic E-state index is 12.5. The van der Waals surface area contributed by atoms with Crippen LogP contribution in [0.4, 0.5) is 5.69 Å². The van der Waals surface area contributed by atoms with E-state index in [0.29, 0.717) is 5.69 Å². The largest absolute Gasteiger partial charge is 0.452 e. The van der Waals surface area contributed by atoms with Crippen LogP contribution in [-0.4, -0.2) is 41.2 Å².